The van der Waals surface area contributed by atoms with Gasteiger partial charge < -0.3 is 5.73 Å². The molecular formula is C15H19F3N2O. The van der Waals surface area contributed by atoms with Crippen molar-refractivity contribution in [2.24, 2.45) is 5.73 Å². The van der Waals surface area contributed by atoms with Crippen molar-refractivity contribution in [3.8, 4) is 0 Å². The first-order valence-electron chi connectivity index (χ1n) is 7.00. The van der Waals surface area contributed by atoms with Crippen LogP contribution in [0.1, 0.15) is 24.0 Å². The van der Waals surface area contributed by atoms with E-state index in [-0.39, 0.29) is 24.8 Å². The molecule has 0 radical (unpaired) electrons. The minimum absolute atomic E-state index is 0.0342. The summed E-state index contributed by atoms with van der Waals surface area (Å²) in [6.07, 6.45) is -2.62. The largest absolute Gasteiger partial charge is 0.416 e. The number of carbonyl (C=O) groups is 1. The molecule has 6 heteroatoms. The number of ketones is 1. The summed E-state index contributed by atoms with van der Waals surface area (Å²) in [5, 5.41) is 0. The second-order valence-electron chi connectivity index (χ2n) is 5.53. The number of benzene rings is 1. The maximum atomic E-state index is 12.6. The lowest BCUT2D eigenvalue weighted by molar-refractivity contribution is -0.137. The molecular weight excluding hydrogens is 281 g/mol. The quantitative estimate of drug-likeness (QED) is 0.927. The van der Waals surface area contributed by atoms with Gasteiger partial charge in [0.05, 0.1) is 12.1 Å². The van der Waals surface area contributed by atoms with Gasteiger partial charge in [-0.3, -0.25) is 9.69 Å². The van der Waals surface area contributed by atoms with E-state index in [1.165, 1.54) is 6.07 Å². The van der Waals surface area contributed by atoms with E-state index in [1.807, 2.05) is 4.90 Å². The fraction of sp³-hybridized carbons (Fsp3) is 0.533. The molecule has 1 aromatic carbocycles. The third kappa shape index (κ3) is 4.82. The van der Waals surface area contributed by atoms with Gasteiger partial charge in [-0.2, -0.15) is 13.2 Å². The fourth-order valence-electron chi connectivity index (χ4n) is 2.50. The van der Waals surface area contributed by atoms with Gasteiger partial charge in [0, 0.05) is 25.6 Å². The molecule has 1 aromatic rings. The number of Topliss-reactive ketones (excluding diaryl/α,β-unsaturated/α-hetero) is 1. The van der Waals surface area contributed by atoms with Crippen molar-refractivity contribution in [3.63, 3.8) is 0 Å². The first-order valence-corrected chi connectivity index (χ1v) is 7.00. The lowest BCUT2D eigenvalue weighted by Gasteiger charge is -2.29. The summed E-state index contributed by atoms with van der Waals surface area (Å²) < 4.78 is 37.8. The second kappa shape index (κ2) is 6.58. The highest BCUT2D eigenvalue weighted by atomic mass is 19.4. The highest BCUT2D eigenvalue weighted by Crippen LogP contribution is 2.29. The Morgan fingerprint density at radius 2 is 1.95 bits per heavy atom. The smallest absolute Gasteiger partial charge is 0.328 e. The zero-order valence-electron chi connectivity index (χ0n) is 11.7. The first-order chi connectivity index (χ1) is 9.84. The number of alkyl halides is 3. The van der Waals surface area contributed by atoms with Crippen LogP contribution in [0.15, 0.2) is 24.3 Å². The number of rotatable bonds is 4. The Bertz CT molecular complexity index is 494. The third-order valence-corrected chi connectivity index (χ3v) is 3.69. The van der Waals surface area contributed by atoms with Crippen molar-refractivity contribution in [1.29, 1.82) is 0 Å². The molecule has 1 aliphatic rings. The number of hydrogen-bond donors (Lipinski definition) is 1. The number of hydrogen-bond acceptors (Lipinski definition) is 3. The lowest BCUT2D eigenvalue weighted by atomic mass is 10.0. The van der Waals surface area contributed by atoms with Crippen LogP contribution in [0.25, 0.3) is 0 Å². The first kappa shape index (κ1) is 16.0. The standard InChI is InChI=1S/C15H19F3N2O/c16-15(17,18)12-3-1-2-11(8-12)9-14(21)10-20-6-4-13(19)5-7-20/h1-3,8,13H,4-7,9-10,19H2. The van der Waals surface area contributed by atoms with Gasteiger partial charge in [-0.05, 0) is 24.5 Å². The molecule has 116 valence electrons. The van der Waals surface area contributed by atoms with E-state index < -0.39 is 11.7 Å². The van der Waals surface area contributed by atoms with E-state index in [0.29, 0.717) is 5.56 Å². The highest BCUT2D eigenvalue weighted by molar-refractivity contribution is 5.82. The van der Waals surface area contributed by atoms with Gasteiger partial charge in [0.2, 0.25) is 0 Å². The van der Waals surface area contributed by atoms with Crippen molar-refractivity contribution >= 4 is 5.78 Å². The van der Waals surface area contributed by atoms with Crippen LogP contribution in [0.2, 0.25) is 0 Å². The fourth-order valence-corrected chi connectivity index (χ4v) is 2.50. The van der Waals surface area contributed by atoms with Crippen molar-refractivity contribution in [2.45, 2.75) is 31.5 Å². The number of carbonyl (C=O) groups excluding carboxylic acids is 1. The third-order valence-electron chi connectivity index (χ3n) is 3.69. The number of nitrogens with two attached hydrogens (primary N) is 1. The van der Waals surface area contributed by atoms with Crippen molar-refractivity contribution in [2.75, 3.05) is 19.6 Å². The molecule has 0 saturated carbocycles. The van der Waals surface area contributed by atoms with Gasteiger partial charge in [0.25, 0.3) is 0 Å². The molecule has 0 amide bonds. The van der Waals surface area contributed by atoms with Crippen LogP contribution in [-0.2, 0) is 17.4 Å². The average Bonchev–Trinajstić information content (AvgIpc) is 2.41. The predicted octanol–water partition coefficient (Wildman–Crippen LogP) is 2.24. The molecule has 0 aromatic heterocycles. The van der Waals surface area contributed by atoms with E-state index in [2.05, 4.69) is 0 Å². The van der Waals surface area contributed by atoms with Crippen molar-refractivity contribution in [3.05, 3.63) is 35.4 Å². The van der Waals surface area contributed by atoms with Gasteiger partial charge >= 0.3 is 6.18 Å². The number of halogens is 3. The van der Waals surface area contributed by atoms with Gasteiger partial charge in [0.1, 0.15) is 0 Å². The molecule has 1 saturated heterocycles. The van der Waals surface area contributed by atoms with Crippen LogP contribution in [0.3, 0.4) is 0 Å². The van der Waals surface area contributed by atoms with Crippen LogP contribution in [0.5, 0.6) is 0 Å². The summed E-state index contributed by atoms with van der Waals surface area (Å²) in [4.78, 5) is 14.0. The van der Waals surface area contributed by atoms with Gasteiger partial charge in [-0.15, -0.1) is 0 Å². The molecule has 1 fully saturated rings. The minimum Gasteiger partial charge on any atom is -0.328 e. The van der Waals surface area contributed by atoms with Crippen LogP contribution in [0, 0.1) is 0 Å². The Morgan fingerprint density at radius 1 is 1.29 bits per heavy atom. The topological polar surface area (TPSA) is 46.3 Å². The normalized spacial score (nSPS) is 17.9. The van der Waals surface area contributed by atoms with Crippen LogP contribution >= 0.6 is 0 Å². The van der Waals surface area contributed by atoms with E-state index in [0.717, 1.165) is 38.1 Å². The van der Waals surface area contributed by atoms with Crippen LogP contribution in [0.4, 0.5) is 13.2 Å². The number of likely N-dealkylation sites (tertiary alicyclic amines) is 1. The molecule has 0 spiro atoms. The summed E-state index contributed by atoms with van der Waals surface area (Å²) in [5.41, 5.74) is 5.49. The Morgan fingerprint density at radius 3 is 2.57 bits per heavy atom. The maximum absolute atomic E-state index is 12.6. The van der Waals surface area contributed by atoms with Gasteiger partial charge in [-0.1, -0.05) is 18.2 Å². The summed E-state index contributed by atoms with van der Waals surface area (Å²) in [6.45, 7) is 1.83. The molecule has 21 heavy (non-hydrogen) atoms. The molecule has 0 bridgehead atoms. The summed E-state index contributed by atoms with van der Waals surface area (Å²) in [7, 11) is 0. The van der Waals surface area contributed by atoms with E-state index in [1.54, 1.807) is 6.07 Å². The Hall–Kier alpha value is -1.40. The van der Waals surface area contributed by atoms with Gasteiger partial charge in [-0.25, -0.2) is 0 Å². The van der Waals surface area contributed by atoms with Crippen molar-refractivity contribution < 1.29 is 18.0 Å². The molecule has 1 heterocycles. The zero-order valence-corrected chi connectivity index (χ0v) is 11.7. The SMILES string of the molecule is NC1CCN(CC(=O)Cc2cccc(C(F)(F)F)c2)CC1. The molecule has 1 aliphatic heterocycles. The molecule has 2 N–H and O–H groups in total. The van der Waals surface area contributed by atoms with Gasteiger partial charge in [0.15, 0.2) is 5.78 Å². The van der Waals surface area contributed by atoms with E-state index in [4.69, 9.17) is 5.73 Å². The molecule has 0 aliphatic carbocycles. The molecule has 3 nitrogen and oxygen atoms in total. The molecule has 0 unspecified atom stereocenters. The molecule has 0 atom stereocenters. The minimum atomic E-state index is -4.37. The van der Waals surface area contributed by atoms with E-state index in [9.17, 15) is 18.0 Å². The summed E-state index contributed by atoms with van der Waals surface area (Å²) in [6, 6.07) is 5.15. The highest BCUT2D eigenvalue weighted by Gasteiger charge is 2.30. The Kier molecular flexibility index (Phi) is 5.00. The Labute approximate surface area is 121 Å². The molecule has 2 rings (SSSR count). The lowest BCUT2D eigenvalue weighted by Crippen LogP contribution is -2.42. The zero-order chi connectivity index (χ0) is 15.5. The second-order valence-corrected chi connectivity index (χ2v) is 5.53. The van der Waals surface area contributed by atoms with Crippen molar-refractivity contribution in [1.82, 2.24) is 4.90 Å². The maximum Gasteiger partial charge on any atom is 0.416 e. The number of nitrogens with zero attached hydrogens (tertiary/aromatic N) is 1. The summed E-state index contributed by atoms with van der Waals surface area (Å²) >= 11 is 0. The monoisotopic (exact) mass is 300 g/mol. The average molecular weight is 300 g/mol. The van der Waals surface area contributed by atoms with Crippen LogP contribution in [-0.4, -0.2) is 36.4 Å². The number of piperidine rings is 1. The van der Waals surface area contributed by atoms with E-state index >= 15 is 0 Å². The summed E-state index contributed by atoms with van der Waals surface area (Å²) in [5.74, 6) is -0.0650. The van der Waals surface area contributed by atoms with Crippen LogP contribution < -0.4 is 5.73 Å². The predicted molar refractivity (Wildman–Crippen MR) is 73.8 cm³/mol. The Balaban J connectivity index is 1.91.